The summed E-state index contributed by atoms with van der Waals surface area (Å²) >= 11 is 0. The van der Waals surface area contributed by atoms with E-state index in [0.29, 0.717) is 0 Å². The van der Waals surface area contributed by atoms with Crippen LogP contribution in [0.3, 0.4) is 0 Å². The molecule has 0 unspecified atom stereocenters. The maximum absolute atomic E-state index is 8.29. The third-order valence-corrected chi connectivity index (χ3v) is 2.38. The van der Waals surface area contributed by atoms with Crippen LogP contribution in [0.5, 0.6) is 0 Å². The molecule has 0 bridgehead atoms. The van der Waals surface area contributed by atoms with E-state index in [0.717, 1.165) is 18.9 Å². The van der Waals surface area contributed by atoms with Crippen molar-refractivity contribution in [2.75, 3.05) is 6.54 Å². The molecule has 1 aliphatic carbocycles. The first-order chi connectivity index (χ1) is 4.93. The summed E-state index contributed by atoms with van der Waals surface area (Å²) in [6.45, 7) is 0.760. The third-order valence-electron chi connectivity index (χ3n) is 2.38. The fourth-order valence-electron chi connectivity index (χ4n) is 1.77. The van der Waals surface area contributed by atoms with Gasteiger partial charge in [0.25, 0.3) is 0 Å². The maximum atomic E-state index is 8.29. The largest absolute Gasteiger partial charge is 0.317 e. The second kappa shape index (κ2) is 4.69. The molecular formula is C8H17NO. The second-order valence-electron chi connectivity index (χ2n) is 3.20. The lowest BCUT2D eigenvalue weighted by molar-refractivity contribution is 0.163. The van der Waals surface area contributed by atoms with Crippen LogP contribution in [0.15, 0.2) is 0 Å². The summed E-state index contributed by atoms with van der Waals surface area (Å²) in [5.41, 5.74) is 2.19. The molecule has 0 atom stereocenters. The van der Waals surface area contributed by atoms with Crippen molar-refractivity contribution in [1.82, 2.24) is 5.48 Å². The van der Waals surface area contributed by atoms with Gasteiger partial charge in [-0.05, 0) is 18.8 Å². The minimum Gasteiger partial charge on any atom is -0.317 e. The molecule has 0 aromatic heterocycles. The lowest BCUT2D eigenvalue weighted by Gasteiger charge is -2.06. The van der Waals surface area contributed by atoms with Crippen LogP contribution in [-0.4, -0.2) is 11.8 Å². The van der Waals surface area contributed by atoms with Crippen LogP contribution >= 0.6 is 0 Å². The van der Waals surface area contributed by atoms with Gasteiger partial charge in [-0.15, -0.1) is 0 Å². The first kappa shape index (κ1) is 8.02. The van der Waals surface area contributed by atoms with E-state index in [4.69, 9.17) is 5.21 Å². The number of hydrogen-bond donors (Lipinski definition) is 2. The van der Waals surface area contributed by atoms with Crippen molar-refractivity contribution in [2.24, 2.45) is 5.92 Å². The first-order valence-corrected chi connectivity index (χ1v) is 4.30. The molecule has 0 aromatic rings. The van der Waals surface area contributed by atoms with E-state index in [9.17, 15) is 0 Å². The van der Waals surface area contributed by atoms with Crippen LogP contribution in [0.1, 0.15) is 38.5 Å². The van der Waals surface area contributed by atoms with Gasteiger partial charge in [0.2, 0.25) is 0 Å². The number of hydroxylamine groups is 1. The molecule has 0 amide bonds. The summed E-state index contributed by atoms with van der Waals surface area (Å²) in [6.07, 6.45) is 8.13. The predicted octanol–water partition coefficient (Wildman–Crippen LogP) is 1.94. The molecule has 0 heterocycles. The molecular weight excluding hydrogens is 126 g/mol. The zero-order valence-electron chi connectivity index (χ0n) is 6.47. The molecule has 2 N–H and O–H groups in total. The highest BCUT2D eigenvalue weighted by molar-refractivity contribution is 4.66. The van der Waals surface area contributed by atoms with Gasteiger partial charge in [-0.25, -0.2) is 5.48 Å². The van der Waals surface area contributed by atoms with E-state index in [1.54, 1.807) is 0 Å². The zero-order chi connectivity index (χ0) is 7.23. The average molecular weight is 143 g/mol. The van der Waals surface area contributed by atoms with Crippen molar-refractivity contribution < 1.29 is 5.21 Å². The lowest BCUT2D eigenvalue weighted by atomic mass is 10.0. The summed E-state index contributed by atoms with van der Waals surface area (Å²) in [6, 6.07) is 0. The highest BCUT2D eigenvalue weighted by Gasteiger charge is 2.13. The van der Waals surface area contributed by atoms with Crippen molar-refractivity contribution in [3.63, 3.8) is 0 Å². The fourth-order valence-corrected chi connectivity index (χ4v) is 1.77. The Bertz CT molecular complexity index is 79.3. The fraction of sp³-hybridized carbons (Fsp3) is 1.00. The molecule has 0 spiro atoms. The number of hydrogen-bond acceptors (Lipinski definition) is 2. The SMILES string of the molecule is ONCCCC1CCCC1. The van der Waals surface area contributed by atoms with E-state index < -0.39 is 0 Å². The first-order valence-electron chi connectivity index (χ1n) is 4.30. The van der Waals surface area contributed by atoms with E-state index in [1.165, 1.54) is 32.1 Å². The van der Waals surface area contributed by atoms with Gasteiger partial charge in [0.1, 0.15) is 0 Å². The average Bonchev–Trinajstić information content (AvgIpc) is 2.41. The van der Waals surface area contributed by atoms with Crippen LogP contribution in [0.4, 0.5) is 0 Å². The van der Waals surface area contributed by atoms with Gasteiger partial charge in [-0.3, -0.25) is 0 Å². The standard InChI is InChI=1S/C8H17NO/c10-9-7-3-6-8-4-1-2-5-8/h8-10H,1-7H2. The van der Waals surface area contributed by atoms with Gasteiger partial charge in [0.05, 0.1) is 0 Å². The predicted molar refractivity (Wildman–Crippen MR) is 41.0 cm³/mol. The molecule has 60 valence electrons. The molecule has 1 rings (SSSR count). The quantitative estimate of drug-likeness (QED) is 0.465. The highest BCUT2D eigenvalue weighted by Crippen LogP contribution is 2.28. The van der Waals surface area contributed by atoms with Crippen molar-refractivity contribution in [3.05, 3.63) is 0 Å². The van der Waals surface area contributed by atoms with Gasteiger partial charge in [0.15, 0.2) is 0 Å². The second-order valence-corrected chi connectivity index (χ2v) is 3.20. The lowest BCUT2D eigenvalue weighted by Crippen LogP contribution is -2.09. The Labute approximate surface area is 62.6 Å². The molecule has 0 aromatic carbocycles. The van der Waals surface area contributed by atoms with Gasteiger partial charge in [-0.2, -0.15) is 0 Å². The summed E-state index contributed by atoms with van der Waals surface area (Å²) in [5.74, 6) is 0.966. The van der Waals surface area contributed by atoms with Gasteiger partial charge >= 0.3 is 0 Å². The Morgan fingerprint density at radius 1 is 1.30 bits per heavy atom. The minimum atomic E-state index is 0.760. The van der Waals surface area contributed by atoms with Crippen LogP contribution in [0.25, 0.3) is 0 Å². The molecule has 2 heteroatoms. The third kappa shape index (κ3) is 2.67. The van der Waals surface area contributed by atoms with E-state index in [-0.39, 0.29) is 0 Å². The molecule has 10 heavy (non-hydrogen) atoms. The normalized spacial score (nSPS) is 20.1. The molecule has 1 aliphatic rings. The van der Waals surface area contributed by atoms with Crippen molar-refractivity contribution >= 4 is 0 Å². The van der Waals surface area contributed by atoms with E-state index in [2.05, 4.69) is 5.48 Å². The Morgan fingerprint density at radius 3 is 2.60 bits per heavy atom. The van der Waals surface area contributed by atoms with Crippen molar-refractivity contribution in [1.29, 1.82) is 0 Å². The summed E-state index contributed by atoms with van der Waals surface area (Å²) in [4.78, 5) is 0. The summed E-state index contributed by atoms with van der Waals surface area (Å²) < 4.78 is 0. The van der Waals surface area contributed by atoms with Gasteiger partial charge in [-0.1, -0.05) is 25.7 Å². The van der Waals surface area contributed by atoms with E-state index in [1.807, 2.05) is 0 Å². The Morgan fingerprint density at radius 2 is 2.00 bits per heavy atom. The van der Waals surface area contributed by atoms with Crippen LogP contribution < -0.4 is 5.48 Å². The molecule has 1 fully saturated rings. The van der Waals surface area contributed by atoms with Gasteiger partial charge < -0.3 is 5.21 Å². The smallest absolute Gasteiger partial charge is 0.0207 e. The Hall–Kier alpha value is -0.0800. The van der Waals surface area contributed by atoms with Gasteiger partial charge in [0, 0.05) is 6.54 Å². The molecule has 2 nitrogen and oxygen atoms in total. The molecule has 0 aliphatic heterocycles. The molecule has 1 saturated carbocycles. The van der Waals surface area contributed by atoms with Crippen LogP contribution in [0.2, 0.25) is 0 Å². The Kier molecular flexibility index (Phi) is 3.76. The summed E-state index contributed by atoms with van der Waals surface area (Å²) in [7, 11) is 0. The van der Waals surface area contributed by atoms with E-state index >= 15 is 0 Å². The maximum Gasteiger partial charge on any atom is 0.0207 e. The van der Waals surface area contributed by atoms with Crippen LogP contribution in [-0.2, 0) is 0 Å². The molecule has 0 saturated heterocycles. The topological polar surface area (TPSA) is 32.3 Å². The van der Waals surface area contributed by atoms with Crippen molar-refractivity contribution in [3.8, 4) is 0 Å². The molecule has 0 radical (unpaired) electrons. The summed E-state index contributed by atoms with van der Waals surface area (Å²) in [5, 5.41) is 8.29. The highest BCUT2D eigenvalue weighted by atomic mass is 16.5. The Balaban J connectivity index is 1.91. The van der Waals surface area contributed by atoms with Crippen LogP contribution in [0, 0.1) is 5.92 Å². The number of nitrogens with one attached hydrogen (secondary N) is 1. The zero-order valence-corrected chi connectivity index (χ0v) is 6.47. The number of rotatable bonds is 4. The monoisotopic (exact) mass is 143 g/mol. The minimum absolute atomic E-state index is 0.760. The van der Waals surface area contributed by atoms with Crippen molar-refractivity contribution in [2.45, 2.75) is 38.5 Å².